The Morgan fingerprint density at radius 1 is 0.903 bits per heavy atom. The molecule has 7 nitrogen and oxygen atoms in total. The van der Waals surface area contributed by atoms with Gasteiger partial charge in [0.25, 0.3) is 15.9 Å². The van der Waals surface area contributed by atoms with Crippen LogP contribution in [0.1, 0.15) is 27.4 Å². The van der Waals surface area contributed by atoms with E-state index in [1.165, 1.54) is 0 Å². The first-order chi connectivity index (χ1) is 14.7. The minimum Gasteiger partial charge on any atom is -0.441 e. The van der Waals surface area contributed by atoms with Crippen LogP contribution in [0.3, 0.4) is 0 Å². The zero-order valence-electron chi connectivity index (χ0n) is 17.3. The summed E-state index contributed by atoms with van der Waals surface area (Å²) in [6, 6.07) is 16.7. The Morgan fingerprint density at radius 2 is 1.61 bits per heavy atom. The molecule has 0 aliphatic carbocycles. The number of fused-ring (bicyclic) bond motifs is 1. The SMILES string of the molecule is Cc1ccc(C)c(S(=O)(=O)Nc2ccc(C(=O)Nc3ccc4oc(C)nc4c3)cc2)c1. The predicted octanol–water partition coefficient (Wildman–Crippen LogP) is 4.81. The van der Waals surface area contributed by atoms with Gasteiger partial charge in [0.2, 0.25) is 0 Å². The van der Waals surface area contributed by atoms with Crippen molar-refractivity contribution >= 4 is 38.4 Å². The van der Waals surface area contributed by atoms with E-state index in [0.717, 1.165) is 5.56 Å². The van der Waals surface area contributed by atoms with E-state index in [1.54, 1.807) is 68.4 Å². The molecule has 4 rings (SSSR count). The smallest absolute Gasteiger partial charge is 0.262 e. The van der Waals surface area contributed by atoms with E-state index in [1.807, 2.05) is 13.0 Å². The lowest BCUT2D eigenvalue weighted by atomic mass is 10.2. The number of nitrogens with one attached hydrogen (secondary N) is 2. The third-order valence-electron chi connectivity index (χ3n) is 4.78. The van der Waals surface area contributed by atoms with Crippen molar-refractivity contribution in [2.24, 2.45) is 0 Å². The Bertz CT molecular complexity index is 1390. The Balaban J connectivity index is 1.49. The van der Waals surface area contributed by atoms with E-state index in [2.05, 4.69) is 15.0 Å². The summed E-state index contributed by atoms with van der Waals surface area (Å²) in [5.41, 5.74) is 4.18. The van der Waals surface area contributed by atoms with Crippen molar-refractivity contribution in [1.82, 2.24) is 4.98 Å². The molecule has 158 valence electrons. The molecule has 1 heterocycles. The van der Waals surface area contributed by atoms with Crippen LogP contribution in [0.25, 0.3) is 11.1 Å². The molecule has 31 heavy (non-hydrogen) atoms. The molecular weight excluding hydrogens is 414 g/mol. The van der Waals surface area contributed by atoms with Crippen molar-refractivity contribution in [3.8, 4) is 0 Å². The number of amides is 1. The quantitative estimate of drug-likeness (QED) is 0.469. The molecule has 1 amide bonds. The number of carbonyl (C=O) groups excluding carboxylic acids is 1. The molecule has 0 atom stereocenters. The molecule has 1 aromatic heterocycles. The lowest BCUT2D eigenvalue weighted by Gasteiger charge is -2.12. The molecule has 0 bridgehead atoms. The molecule has 0 aliphatic rings. The van der Waals surface area contributed by atoms with Gasteiger partial charge in [0.05, 0.1) is 4.90 Å². The lowest BCUT2D eigenvalue weighted by Crippen LogP contribution is -2.15. The third-order valence-corrected chi connectivity index (χ3v) is 6.31. The molecular formula is C23H21N3O4S. The molecule has 0 saturated carbocycles. The maximum Gasteiger partial charge on any atom is 0.262 e. The van der Waals surface area contributed by atoms with Gasteiger partial charge in [-0.15, -0.1) is 0 Å². The summed E-state index contributed by atoms with van der Waals surface area (Å²) in [5.74, 6) is 0.237. The molecule has 3 aromatic carbocycles. The number of oxazole rings is 1. The summed E-state index contributed by atoms with van der Waals surface area (Å²) < 4.78 is 33.5. The summed E-state index contributed by atoms with van der Waals surface area (Å²) in [7, 11) is -3.73. The van der Waals surface area contributed by atoms with Gasteiger partial charge in [0.15, 0.2) is 11.5 Å². The number of aromatic nitrogens is 1. The lowest BCUT2D eigenvalue weighted by molar-refractivity contribution is 0.102. The van der Waals surface area contributed by atoms with Crippen molar-refractivity contribution in [2.45, 2.75) is 25.7 Å². The second-order valence-corrected chi connectivity index (χ2v) is 8.97. The Labute approximate surface area is 180 Å². The van der Waals surface area contributed by atoms with Gasteiger partial charge < -0.3 is 9.73 Å². The van der Waals surface area contributed by atoms with Crippen LogP contribution in [0.4, 0.5) is 11.4 Å². The average Bonchev–Trinajstić information content (AvgIpc) is 3.09. The number of benzene rings is 3. The average molecular weight is 436 g/mol. The van der Waals surface area contributed by atoms with Crippen molar-refractivity contribution in [1.29, 1.82) is 0 Å². The number of nitrogens with zero attached hydrogens (tertiary/aromatic N) is 1. The normalized spacial score (nSPS) is 11.5. The van der Waals surface area contributed by atoms with Crippen LogP contribution in [-0.4, -0.2) is 19.3 Å². The fraction of sp³-hybridized carbons (Fsp3) is 0.130. The van der Waals surface area contributed by atoms with Gasteiger partial charge in [-0.05, 0) is 73.5 Å². The second kappa shape index (κ2) is 7.88. The molecule has 0 spiro atoms. The fourth-order valence-electron chi connectivity index (χ4n) is 3.22. The van der Waals surface area contributed by atoms with Gasteiger partial charge in [-0.25, -0.2) is 13.4 Å². The number of sulfonamides is 1. The molecule has 0 saturated heterocycles. The topological polar surface area (TPSA) is 101 Å². The van der Waals surface area contributed by atoms with Gasteiger partial charge in [0, 0.05) is 23.9 Å². The largest absolute Gasteiger partial charge is 0.441 e. The zero-order valence-corrected chi connectivity index (χ0v) is 18.1. The van der Waals surface area contributed by atoms with Crippen LogP contribution in [0, 0.1) is 20.8 Å². The molecule has 8 heteroatoms. The number of hydrogen-bond donors (Lipinski definition) is 2. The summed E-state index contributed by atoms with van der Waals surface area (Å²) in [5, 5.41) is 2.81. The van der Waals surface area contributed by atoms with Gasteiger partial charge in [-0.2, -0.15) is 0 Å². The van der Waals surface area contributed by atoms with Gasteiger partial charge in [-0.3, -0.25) is 9.52 Å². The Morgan fingerprint density at radius 3 is 2.35 bits per heavy atom. The van der Waals surface area contributed by atoms with E-state index in [4.69, 9.17) is 4.42 Å². The van der Waals surface area contributed by atoms with Crippen LogP contribution in [-0.2, 0) is 10.0 Å². The van der Waals surface area contributed by atoms with Crippen molar-refractivity contribution in [3.63, 3.8) is 0 Å². The number of carbonyl (C=O) groups is 1. The van der Waals surface area contributed by atoms with Crippen molar-refractivity contribution in [3.05, 3.63) is 83.2 Å². The molecule has 0 unspecified atom stereocenters. The third kappa shape index (κ3) is 4.44. The predicted molar refractivity (Wildman–Crippen MR) is 120 cm³/mol. The summed E-state index contributed by atoms with van der Waals surface area (Å²) in [4.78, 5) is 17.0. The zero-order chi connectivity index (χ0) is 22.2. The van der Waals surface area contributed by atoms with Gasteiger partial charge in [0.1, 0.15) is 5.52 Å². The van der Waals surface area contributed by atoms with Crippen LogP contribution >= 0.6 is 0 Å². The molecule has 4 aromatic rings. The van der Waals surface area contributed by atoms with Crippen LogP contribution in [0.5, 0.6) is 0 Å². The highest BCUT2D eigenvalue weighted by Gasteiger charge is 2.17. The summed E-state index contributed by atoms with van der Waals surface area (Å²) >= 11 is 0. The van der Waals surface area contributed by atoms with Gasteiger partial charge in [-0.1, -0.05) is 12.1 Å². The van der Waals surface area contributed by atoms with Crippen LogP contribution in [0.15, 0.2) is 70.0 Å². The number of rotatable bonds is 5. The van der Waals surface area contributed by atoms with Crippen LogP contribution in [0.2, 0.25) is 0 Å². The van der Waals surface area contributed by atoms with Crippen molar-refractivity contribution in [2.75, 3.05) is 10.0 Å². The molecule has 0 aliphatic heterocycles. The van der Waals surface area contributed by atoms with E-state index in [9.17, 15) is 13.2 Å². The highest BCUT2D eigenvalue weighted by atomic mass is 32.2. The Hall–Kier alpha value is -3.65. The first kappa shape index (κ1) is 20.6. The minimum absolute atomic E-state index is 0.229. The standard InChI is InChI=1S/C23H21N3O4S/c1-14-4-5-15(2)22(12-14)31(28,29)26-18-8-6-17(7-9-18)23(27)25-19-10-11-21-20(13-19)24-16(3)30-21/h4-13,26H,1-3H3,(H,25,27). The van der Waals surface area contributed by atoms with E-state index in [0.29, 0.717) is 39.5 Å². The number of anilines is 2. The minimum atomic E-state index is -3.73. The Kier molecular flexibility index (Phi) is 5.24. The summed E-state index contributed by atoms with van der Waals surface area (Å²) in [6.45, 7) is 5.35. The van der Waals surface area contributed by atoms with E-state index < -0.39 is 10.0 Å². The van der Waals surface area contributed by atoms with Gasteiger partial charge >= 0.3 is 0 Å². The maximum atomic E-state index is 12.7. The number of aryl methyl sites for hydroxylation is 3. The molecule has 0 radical (unpaired) electrons. The van der Waals surface area contributed by atoms with E-state index >= 15 is 0 Å². The summed E-state index contributed by atoms with van der Waals surface area (Å²) in [6.07, 6.45) is 0. The van der Waals surface area contributed by atoms with E-state index in [-0.39, 0.29) is 10.8 Å². The second-order valence-electron chi connectivity index (χ2n) is 7.32. The van der Waals surface area contributed by atoms with Crippen molar-refractivity contribution < 1.29 is 17.6 Å². The highest BCUT2D eigenvalue weighted by Crippen LogP contribution is 2.22. The molecule has 0 fully saturated rings. The van der Waals surface area contributed by atoms with Crippen LogP contribution < -0.4 is 10.0 Å². The highest BCUT2D eigenvalue weighted by molar-refractivity contribution is 7.92. The molecule has 2 N–H and O–H groups in total. The number of hydrogen-bond acceptors (Lipinski definition) is 5. The first-order valence-corrected chi connectivity index (χ1v) is 11.1. The fourth-order valence-corrected chi connectivity index (χ4v) is 4.61. The monoisotopic (exact) mass is 435 g/mol. The maximum absolute atomic E-state index is 12.7. The first-order valence-electron chi connectivity index (χ1n) is 9.60.